The van der Waals surface area contributed by atoms with Gasteiger partial charge < -0.3 is 15.4 Å². The molecule has 33 heavy (non-hydrogen) atoms. The van der Waals surface area contributed by atoms with Gasteiger partial charge in [0.2, 0.25) is 0 Å². The van der Waals surface area contributed by atoms with Gasteiger partial charge in [-0.15, -0.1) is 0 Å². The molecular weight excluding hydrogens is 438 g/mol. The van der Waals surface area contributed by atoms with Gasteiger partial charge >= 0.3 is 6.09 Å². The van der Waals surface area contributed by atoms with E-state index in [4.69, 9.17) is 16.3 Å². The third kappa shape index (κ3) is 6.57. The molecule has 0 aliphatic carbocycles. The molecule has 0 spiro atoms. The fourth-order valence-corrected chi connectivity index (χ4v) is 4.08. The maximum atomic E-state index is 12.8. The van der Waals surface area contributed by atoms with Gasteiger partial charge in [0.05, 0.1) is 0 Å². The van der Waals surface area contributed by atoms with Crippen molar-refractivity contribution in [2.75, 3.05) is 23.7 Å². The van der Waals surface area contributed by atoms with Crippen molar-refractivity contribution < 1.29 is 14.3 Å². The number of carbonyl (C=O) groups is 2. The lowest BCUT2D eigenvalue weighted by molar-refractivity contribution is 0.102. The van der Waals surface area contributed by atoms with Crippen molar-refractivity contribution in [1.29, 1.82) is 0 Å². The molecule has 2 amide bonds. The summed E-state index contributed by atoms with van der Waals surface area (Å²) in [7, 11) is 0. The molecule has 4 rings (SSSR count). The number of benzene rings is 3. The lowest BCUT2D eigenvalue weighted by atomic mass is 9.91. The Balaban J connectivity index is 1.36. The van der Waals surface area contributed by atoms with Crippen LogP contribution in [-0.4, -0.2) is 25.1 Å². The van der Waals surface area contributed by atoms with Crippen molar-refractivity contribution >= 4 is 35.0 Å². The maximum Gasteiger partial charge on any atom is 0.411 e. The Morgan fingerprint density at radius 2 is 1.76 bits per heavy atom. The Kier molecular flexibility index (Phi) is 7.60. The Labute approximate surface area is 198 Å². The highest BCUT2D eigenvalue weighted by atomic mass is 35.5. The van der Waals surface area contributed by atoms with E-state index in [1.807, 2.05) is 42.5 Å². The molecular formula is C26H26ClN3O3. The summed E-state index contributed by atoms with van der Waals surface area (Å²) in [5.74, 6) is 0.192. The highest BCUT2D eigenvalue weighted by Gasteiger charge is 2.15. The van der Waals surface area contributed by atoms with E-state index in [0.29, 0.717) is 27.9 Å². The van der Waals surface area contributed by atoms with E-state index in [1.54, 1.807) is 18.2 Å². The van der Waals surface area contributed by atoms with E-state index >= 15 is 0 Å². The van der Waals surface area contributed by atoms with Gasteiger partial charge in [0.25, 0.3) is 5.91 Å². The number of rotatable bonds is 6. The van der Waals surface area contributed by atoms with Gasteiger partial charge in [0.15, 0.2) is 0 Å². The summed E-state index contributed by atoms with van der Waals surface area (Å²) in [4.78, 5) is 24.9. The van der Waals surface area contributed by atoms with Crippen LogP contribution in [0.2, 0.25) is 5.02 Å². The summed E-state index contributed by atoms with van der Waals surface area (Å²) in [6, 6.07) is 22.0. The molecule has 1 saturated heterocycles. The van der Waals surface area contributed by atoms with Gasteiger partial charge in [-0.25, -0.2) is 4.79 Å². The van der Waals surface area contributed by atoms with Gasteiger partial charge in [0.1, 0.15) is 6.61 Å². The molecule has 7 heteroatoms. The standard InChI is InChI=1S/C26H26ClN3O3/c27-22-13-21(14-24(15-22)30-26(32)33-17-18-5-2-1-3-6-18)25(31)29-23-10-8-19(9-11-23)20-7-4-12-28-16-20/h1-3,5-6,8-11,13-15,20,28H,4,7,12,16-17H2,(H,29,31)(H,30,32)/t20-/m0/s1. The molecule has 170 valence electrons. The van der Waals surface area contributed by atoms with Crippen molar-refractivity contribution in [3.8, 4) is 0 Å². The molecule has 3 N–H and O–H groups in total. The lowest BCUT2D eigenvalue weighted by Gasteiger charge is -2.23. The molecule has 0 saturated carbocycles. The number of nitrogens with one attached hydrogen (secondary N) is 3. The average molecular weight is 464 g/mol. The van der Waals surface area contributed by atoms with Crippen LogP contribution in [0.3, 0.4) is 0 Å². The Bertz CT molecular complexity index is 1100. The van der Waals surface area contributed by atoms with Gasteiger partial charge in [-0.2, -0.15) is 0 Å². The number of hydrogen-bond donors (Lipinski definition) is 3. The second-order valence-corrected chi connectivity index (χ2v) is 8.47. The molecule has 3 aromatic rings. The molecule has 1 aliphatic heterocycles. The van der Waals surface area contributed by atoms with E-state index in [2.05, 4.69) is 28.1 Å². The van der Waals surface area contributed by atoms with Crippen LogP contribution in [0.5, 0.6) is 0 Å². The smallest absolute Gasteiger partial charge is 0.411 e. The third-order valence-electron chi connectivity index (χ3n) is 5.56. The molecule has 0 radical (unpaired) electrons. The van der Waals surface area contributed by atoms with Crippen LogP contribution in [0.1, 0.15) is 40.2 Å². The maximum absolute atomic E-state index is 12.8. The number of hydrogen-bond acceptors (Lipinski definition) is 4. The minimum Gasteiger partial charge on any atom is -0.444 e. The zero-order valence-electron chi connectivity index (χ0n) is 18.1. The zero-order chi connectivity index (χ0) is 23.0. The first kappa shape index (κ1) is 22.8. The van der Waals surface area contributed by atoms with E-state index in [-0.39, 0.29) is 12.5 Å². The Morgan fingerprint density at radius 1 is 0.970 bits per heavy atom. The second kappa shape index (κ2) is 11.0. The number of amides is 2. The minimum absolute atomic E-state index is 0.146. The fourth-order valence-electron chi connectivity index (χ4n) is 3.85. The van der Waals surface area contributed by atoms with Crippen molar-refractivity contribution in [3.63, 3.8) is 0 Å². The number of ether oxygens (including phenoxy) is 1. The van der Waals surface area contributed by atoms with E-state index in [1.165, 1.54) is 18.4 Å². The molecule has 1 heterocycles. The van der Waals surface area contributed by atoms with E-state index < -0.39 is 6.09 Å². The molecule has 1 fully saturated rings. The zero-order valence-corrected chi connectivity index (χ0v) is 18.9. The summed E-state index contributed by atoms with van der Waals surface area (Å²) >= 11 is 6.18. The first-order valence-corrected chi connectivity index (χ1v) is 11.3. The third-order valence-corrected chi connectivity index (χ3v) is 5.77. The van der Waals surface area contributed by atoms with Crippen LogP contribution in [0, 0.1) is 0 Å². The van der Waals surface area contributed by atoms with E-state index in [0.717, 1.165) is 18.7 Å². The summed E-state index contributed by atoms with van der Waals surface area (Å²) < 4.78 is 5.23. The predicted molar refractivity (Wildman–Crippen MR) is 131 cm³/mol. The lowest BCUT2D eigenvalue weighted by Crippen LogP contribution is -2.28. The minimum atomic E-state index is -0.625. The molecule has 3 aromatic carbocycles. The van der Waals surface area contributed by atoms with Gasteiger partial charge in [-0.1, -0.05) is 54.1 Å². The molecule has 0 aromatic heterocycles. The predicted octanol–water partition coefficient (Wildman–Crippen LogP) is 5.81. The number of piperidine rings is 1. The van der Waals surface area contributed by atoms with Crippen LogP contribution in [0.15, 0.2) is 72.8 Å². The van der Waals surface area contributed by atoms with Crippen LogP contribution < -0.4 is 16.0 Å². The Hall–Kier alpha value is -3.35. The van der Waals surface area contributed by atoms with E-state index in [9.17, 15) is 9.59 Å². The largest absolute Gasteiger partial charge is 0.444 e. The van der Waals surface area contributed by atoms with Crippen molar-refractivity contribution in [1.82, 2.24) is 5.32 Å². The van der Waals surface area contributed by atoms with Crippen LogP contribution in [-0.2, 0) is 11.3 Å². The molecule has 0 bridgehead atoms. The first-order chi connectivity index (χ1) is 16.1. The molecule has 1 atom stereocenters. The summed E-state index contributed by atoms with van der Waals surface area (Å²) in [5, 5.41) is 9.27. The van der Waals surface area contributed by atoms with Gasteiger partial charge in [-0.05, 0) is 66.8 Å². The molecule has 0 unspecified atom stereocenters. The summed E-state index contributed by atoms with van der Waals surface area (Å²) in [6.07, 6.45) is 1.72. The van der Waals surface area contributed by atoms with Gasteiger partial charge in [-0.3, -0.25) is 10.1 Å². The molecule has 1 aliphatic rings. The fraction of sp³-hybridized carbons (Fsp3) is 0.231. The highest BCUT2D eigenvalue weighted by molar-refractivity contribution is 6.31. The first-order valence-electron chi connectivity index (χ1n) is 11.0. The highest BCUT2D eigenvalue weighted by Crippen LogP contribution is 2.25. The summed E-state index contributed by atoms with van der Waals surface area (Å²) in [5.41, 5.74) is 3.56. The van der Waals surface area contributed by atoms with Crippen LogP contribution in [0.4, 0.5) is 16.2 Å². The Morgan fingerprint density at radius 3 is 2.48 bits per heavy atom. The van der Waals surface area contributed by atoms with Crippen LogP contribution in [0.25, 0.3) is 0 Å². The number of anilines is 2. The number of halogens is 1. The average Bonchev–Trinajstić information content (AvgIpc) is 2.84. The summed E-state index contributed by atoms with van der Waals surface area (Å²) in [6.45, 7) is 2.21. The van der Waals surface area contributed by atoms with Crippen LogP contribution >= 0.6 is 11.6 Å². The molecule has 6 nitrogen and oxygen atoms in total. The van der Waals surface area contributed by atoms with Crippen molar-refractivity contribution in [2.45, 2.75) is 25.4 Å². The normalized spacial score (nSPS) is 15.5. The monoisotopic (exact) mass is 463 g/mol. The quantitative estimate of drug-likeness (QED) is 0.431. The van der Waals surface area contributed by atoms with Crippen molar-refractivity contribution in [2.24, 2.45) is 0 Å². The number of carbonyl (C=O) groups excluding carboxylic acids is 2. The topological polar surface area (TPSA) is 79.5 Å². The SMILES string of the molecule is O=C(Nc1cc(Cl)cc(C(=O)Nc2ccc([C@H]3CCCNC3)cc2)c1)OCc1ccccc1. The van der Waals surface area contributed by atoms with Gasteiger partial charge in [0, 0.05) is 28.5 Å². The second-order valence-electron chi connectivity index (χ2n) is 8.03. The van der Waals surface area contributed by atoms with Crippen molar-refractivity contribution in [3.05, 3.63) is 94.5 Å².